The van der Waals surface area contributed by atoms with Crippen molar-refractivity contribution in [3.63, 3.8) is 0 Å². The zero-order valence-corrected chi connectivity index (χ0v) is 10.8. The molecular formula is C12H18O2Si. The predicted octanol–water partition coefficient (Wildman–Crippen LogP) is 2.21. The molecule has 1 atom stereocenters. The van der Waals surface area contributed by atoms with Crippen LogP contribution in [0.5, 0.6) is 0 Å². The summed E-state index contributed by atoms with van der Waals surface area (Å²) in [5, 5.41) is 0. The van der Waals surface area contributed by atoms with Crippen LogP contribution in [0.3, 0.4) is 0 Å². The molecule has 0 amide bonds. The van der Waals surface area contributed by atoms with Crippen molar-refractivity contribution < 1.29 is 9.16 Å². The van der Waals surface area contributed by atoms with Gasteiger partial charge in [0, 0.05) is 7.11 Å². The van der Waals surface area contributed by atoms with Gasteiger partial charge in [0.2, 0.25) is 0 Å². The maximum absolute atomic E-state index is 5.49. The van der Waals surface area contributed by atoms with Gasteiger partial charge in [-0.15, -0.1) is 0 Å². The number of ether oxygens (including phenoxy) is 1. The minimum Gasteiger partial charge on any atom is -0.400 e. The first-order chi connectivity index (χ1) is 7.33. The normalized spacial score (nSPS) is 14.0. The van der Waals surface area contributed by atoms with Gasteiger partial charge >= 0.3 is 0 Å². The minimum absolute atomic E-state index is 0.0539. The van der Waals surface area contributed by atoms with Gasteiger partial charge in [0.1, 0.15) is 6.29 Å². The van der Waals surface area contributed by atoms with Gasteiger partial charge in [-0.1, -0.05) is 42.5 Å². The molecule has 1 aromatic rings. The summed E-state index contributed by atoms with van der Waals surface area (Å²) in [6.07, 6.45) is 4.25. The second-order valence-corrected chi connectivity index (χ2v) is 4.59. The lowest BCUT2D eigenvalue weighted by Crippen LogP contribution is -2.12. The third-order valence-electron chi connectivity index (χ3n) is 2.08. The average molecular weight is 222 g/mol. The zero-order chi connectivity index (χ0) is 10.9. The monoisotopic (exact) mass is 222 g/mol. The molecule has 15 heavy (non-hydrogen) atoms. The van der Waals surface area contributed by atoms with E-state index in [4.69, 9.17) is 9.16 Å². The lowest BCUT2D eigenvalue weighted by atomic mass is 10.2. The van der Waals surface area contributed by atoms with Crippen molar-refractivity contribution in [3.05, 3.63) is 42.0 Å². The molecule has 0 heterocycles. The quantitative estimate of drug-likeness (QED) is 0.417. The van der Waals surface area contributed by atoms with E-state index in [2.05, 4.69) is 24.3 Å². The average Bonchev–Trinajstić information content (AvgIpc) is 2.29. The van der Waals surface area contributed by atoms with Crippen LogP contribution in [0.15, 0.2) is 36.4 Å². The van der Waals surface area contributed by atoms with Crippen molar-refractivity contribution in [1.29, 1.82) is 0 Å². The molecule has 1 unspecified atom stereocenters. The fraction of sp³-hybridized carbons (Fsp3) is 0.333. The van der Waals surface area contributed by atoms with Gasteiger partial charge in [-0.2, -0.15) is 0 Å². The number of methoxy groups -OCH3 is 1. The summed E-state index contributed by atoms with van der Waals surface area (Å²) in [5.41, 5.74) is 1.24. The highest BCUT2D eigenvalue weighted by atomic mass is 28.2. The molecule has 0 fully saturated rings. The Morgan fingerprint density at radius 1 is 1.33 bits per heavy atom. The van der Waals surface area contributed by atoms with E-state index in [1.807, 2.05) is 25.1 Å². The molecule has 0 saturated heterocycles. The maximum Gasteiger partial charge on any atom is 0.168 e. The molecular weight excluding hydrogens is 204 g/mol. The fourth-order valence-electron chi connectivity index (χ4n) is 1.15. The first-order valence-electron chi connectivity index (χ1n) is 5.19. The van der Waals surface area contributed by atoms with Crippen LogP contribution in [-0.2, 0) is 9.16 Å². The molecule has 1 rings (SSSR count). The van der Waals surface area contributed by atoms with Gasteiger partial charge in [0.15, 0.2) is 9.76 Å². The van der Waals surface area contributed by atoms with Gasteiger partial charge in [0.25, 0.3) is 0 Å². The Morgan fingerprint density at radius 2 is 2.07 bits per heavy atom. The summed E-state index contributed by atoms with van der Waals surface area (Å²) in [5.74, 6) is 0. The third-order valence-corrected chi connectivity index (χ3v) is 3.35. The smallest absolute Gasteiger partial charge is 0.168 e. The van der Waals surface area contributed by atoms with Crippen LogP contribution in [0.4, 0.5) is 0 Å². The molecule has 0 aromatic heterocycles. The van der Waals surface area contributed by atoms with Crippen LogP contribution in [0.25, 0.3) is 6.08 Å². The topological polar surface area (TPSA) is 18.5 Å². The van der Waals surface area contributed by atoms with Crippen LogP contribution in [0, 0.1) is 0 Å². The summed E-state index contributed by atoms with van der Waals surface area (Å²) >= 11 is 0. The Labute approximate surface area is 93.9 Å². The summed E-state index contributed by atoms with van der Waals surface area (Å²) in [6.45, 7) is 1.92. The molecule has 0 aliphatic heterocycles. The van der Waals surface area contributed by atoms with Gasteiger partial charge in [0.05, 0.1) is 0 Å². The molecule has 0 bridgehead atoms. The van der Waals surface area contributed by atoms with E-state index in [1.54, 1.807) is 7.11 Å². The van der Waals surface area contributed by atoms with Crippen LogP contribution < -0.4 is 0 Å². The van der Waals surface area contributed by atoms with Gasteiger partial charge in [-0.05, 0) is 18.5 Å². The number of allylic oxidation sites excluding steroid dienone is 1. The predicted molar refractivity (Wildman–Crippen MR) is 66.4 cm³/mol. The lowest BCUT2D eigenvalue weighted by Gasteiger charge is -2.09. The SMILES string of the molecule is COC(C)O[SiH2]CC=Cc1ccccc1. The van der Waals surface area contributed by atoms with E-state index in [0.29, 0.717) is 0 Å². The van der Waals surface area contributed by atoms with Crippen molar-refractivity contribution in [3.8, 4) is 0 Å². The highest BCUT2D eigenvalue weighted by Crippen LogP contribution is 2.02. The number of hydrogen-bond acceptors (Lipinski definition) is 2. The maximum atomic E-state index is 5.49. The summed E-state index contributed by atoms with van der Waals surface area (Å²) in [4.78, 5) is 0. The molecule has 0 radical (unpaired) electrons. The molecule has 0 N–H and O–H groups in total. The van der Waals surface area contributed by atoms with Gasteiger partial charge < -0.3 is 9.16 Å². The van der Waals surface area contributed by atoms with Gasteiger partial charge in [-0.3, -0.25) is 0 Å². The molecule has 0 spiro atoms. The summed E-state index contributed by atoms with van der Waals surface area (Å²) in [6, 6.07) is 11.3. The molecule has 0 aliphatic carbocycles. The second-order valence-electron chi connectivity index (χ2n) is 3.28. The van der Waals surface area contributed by atoms with Crippen LogP contribution in [0.1, 0.15) is 12.5 Å². The fourth-order valence-corrected chi connectivity index (χ4v) is 2.06. The number of rotatable bonds is 6. The van der Waals surface area contributed by atoms with Crippen molar-refractivity contribution >= 4 is 15.8 Å². The molecule has 3 heteroatoms. The van der Waals surface area contributed by atoms with Crippen molar-refractivity contribution in [2.75, 3.05) is 7.11 Å². The Kier molecular flexibility index (Phi) is 6.00. The van der Waals surface area contributed by atoms with Gasteiger partial charge in [-0.25, -0.2) is 0 Å². The highest BCUT2D eigenvalue weighted by molar-refractivity contribution is 6.28. The number of hydrogen-bond donors (Lipinski definition) is 0. The highest BCUT2D eigenvalue weighted by Gasteiger charge is 1.95. The molecule has 0 aliphatic rings. The first kappa shape index (κ1) is 12.2. The molecule has 82 valence electrons. The standard InChI is InChI=1S/C12H18O2Si/c1-11(13-2)14-15-10-6-9-12-7-4-3-5-8-12/h3-9,11H,10,15H2,1-2H3. The van der Waals surface area contributed by atoms with Crippen LogP contribution in [0.2, 0.25) is 6.04 Å². The van der Waals surface area contributed by atoms with Crippen molar-refractivity contribution in [2.45, 2.75) is 19.3 Å². The van der Waals surface area contributed by atoms with Crippen LogP contribution >= 0.6 is 0 Å². The second kappa shape index (κ2) is 7.40. The van der Waals surface area contributed by atoms with E-state index in [-0.39, 0.29) is 6.29 Å². The van der Waals surface area contributed by atoms with Crippen molar-refractivity contribution in [2.24, 2.45) is 0 Å². The minimum atomic E-state index is -0.475. The molecule has 0 saturated carbocycles. The van der Waals surface area contributed by atoms with E-state index in [0.717, 1.165) is 6.04 Å². The van der Waals surface area contributed by atoms with E-state index >= 15 is 0 Å². The summed E-state index contributed by atoms with van der Waals surface area (Å²) in [7, 11) is 1.19. The first-order valence-corrected chi connectivity index (χ1v) is 6.76. The third kappa shape index (κ3) is 5.52. The molecule has 1 aromatic carbocycles. The largest absolute Gasteiger partial charge is 0.400 e. The van der Waals surface area contributed by atoms with E-state index in [9.17, 15) is 0 Å². The van der Waals surface area contributed by atoms with E-state index < -0.39 is 9.76 Å². The number of benzene rings is 1. The van der Waals surface area contributed by atoms with E-state index in [1.165, 1.54) is 5.56 Å². The Morgan fingerprint density at radius 3 is 2.73 bits per heavy atom. The Hall–Kier alpha value is -0.903. The zero-order valence-electron chi connectivity index (χ0n) is 9.35. The lowest BCUT2D eigenvalue weighted by molar-refractivity contribution is -0.0368. The Bertz CT molecular complexity index is 285. The Balaban J connectivity index is 2.18. The van der Waals surface area contributed by atoms with Crippen LogP contribution in [-0.4, -0.2) is 23.2 Å². The summed E-state index contributed by atoms with van der Waals surface area (Å²) < 4.78 is 10.5. The molecule has 2 nitrogen and oxygen atoms in total. The van der Waals surface area contributed by atoms with Crippen molar-refractivity contribution in [1.82, 2.24) is 0 Å².